The first kappa shape index (κ1) is 8.89. The molecule has 0 spiro atoms. The van der Waals surface area contributed by atoms with Crippen LogP contribution in [0.15, 0.2) is 24.3 Å². The third-order valence-corrected chi connectivity index (χ3v) is 1.50. The molecule has 64 valence electrons. The summed E-state index contributed by atoms with van der Waals surface area (Å²) in [6.07, 6.45) is 0.632. The van der Waals surface area contributed by atoms with E-state index in [1.165, 1.54) is 12.1 Å². The number of carbonyl (C=O) groups is 1. The summed E-state index contributed by atoms with van der Waals surface area (Å²) in [6.45, 7) is 0. The molecule has 1 aromatic rings. The van der Waals surface area contributed by atoms with Crippen molar-refractivity contribution in [1.82, 2.24) is 0 Å². The van der Waals surface area contributed by atoms with Crippen molar-refractivity contribution in [3.8, 4) is 5.75 Å². The Morgan fingerprint density at radius 1 is 1.50 bits per heavy atom. The standard InChI is InChI=1S/C7H6O4S/c8-5-6-2-1-3-7(4-6)11-12(9)10/h1-5H,(H,9,10). The molecule has 0 radical (unpaired) electrons. The maximum absolute atomic E-state index is 10.3. The van der Waals surface area contributed by atoms with Crippen LogP contribution in [0.1, 0.15) is 10.4 Å². The van der Waals surface area contributed by atoms with E-state index in [9.17, 15) is 9.00 Å². The average molecular weight is 186 g/mol. The van der Waals surface area contributed by atoms with Crippen LogP contribution in [0.2, 0.25) is 0 Å². The van der Waals surface area contributed by atoms with E-state index in [0.29, 0.717) is 11.8 Å². The lowest BCUT2D eigenvalue weighted by Crippen LogP contribution is -1.97. The molecule has 0 heterocycles. The van der Waals surface area contributed by atoms with Crippen molar-refractivity contribution in [2.75, 3.05) is 0 Å². The predicted molar refractivity (Wildman–Crippen MR) is 43.2 cm³/mol. The van der Waals surface area contributed by atoms with Crippen LogP contribution in [0, 0.1) is 0 Å². The molecule has 0 saturated carbocycles. The fraction of sp³-hybridized carbons (Fsp3) is 0. The van der Waals surface area contributed by atoms with Crippen molar-refractivity contribution in [2.24, 2.45) is 0 Å². The summed E-state index contributed by atoms with van der Waals surface area (Å²) < 4.78 is 22.9. The van der Waals surface area contributed by atoms with Crippen LogP contribution in [0.4, 0.5) is 0 Å². The summed E-state index contributed by atoms with van der Waals surface area (Å²) in [5, 5.41) is 0. The second kappa shape index (κ2) is 3.99. The molecule has 0 aromatic heterocycles. The Bertz CT molecular complexity index is 310. The highest BCUT2D eigenvalue weighted by molar-refractivity contribution is 7.74. The summed E-state index contributed by atoms with van der Waals surface area (Å²) in [5.41, 5.74) is 0.401. The molecule has 0 aliphatic heterocycles. The zero-order valence-electron chi connectivity index (χ0n) is 5.97. The van der Waals surface area contributed by atoms with Crippen molar-refractivity contribution >= 4 is 17.6 Å². The van der Waals surface area contributed by atoms with Crippen molar-refractivity contribution in [2.45, 2.75) is 0 Å². The van der Waals surface area contributed by atoms with Crippen molar-refractivity contribution in [1.29, 1.82) is 0 Å². The number of aldehydes is 1. The van der Waals surface area contributed by atoms with Gasteiger partial charge in [-0.1, -0.05) is 12.1 Å². The molecule has 1 aromatic carbocycles. The summed E-state index contributed by atoms with van der Waals surface area (Å²) in [7, 11) is 0. The first-order chi connectivity index (χ1) is 5.72. The molecule has 1 unspecified atom stereocenters. The minimum atomic E-state index is -2.34. The van der Waals surface area contributed by atoms with Crippen LogP contribution in [0.3, 0.4) is 0 Å². The Balaban J connectivity index is 2.86. The third-order valence-electron chi connectivity index (χ3n) is 1.16. The topological polar surface area (TPSA) is 63.6 Å². The Kier molecular flexibility index (Phi) is 2.95. The molecule has 0 aliphatic carbocycles. The van der Waals surface area contributed by atoms with Crippen molar-refractivity contribution < 1.29 is 17.7 Å². The highest BCUT2D eigenvalue weighted by Gasteiger charge is 1.98. The molecule has 1 atom stereocenters. The van der Waals surface area contributed by atoms with E-state index in [0.717, 1.165) is 0 Å². The van der Waals surface area contributed by atoms with Gasteiger partial charge in [0.25, 0.3) is 0 Å². The Morgan fingerprint density at radius 3 is 2.83 bits per heavy atom. The summed E-state index contributed by atoms with van der Waals surface area (Å²) >= 11 is -2.34. The van der Waals surface area contributed by atoms with Crippen molar-refractivity contribution in [3.63, 3.8) is 0 Å². The lowest BCUT2D eigenvalue weighted by molar-refractivity contribution is 0.112. The quantitative estimate of drug-likeness (QED) is 0.565. The van der Waals surface area contributed by atoms with E-state index in [1.807, 2.05) is 0 Å². The van der Waals surface area contributed by atoms with Crippen LogP contribution in [-0.4, -0.2) is 15.0 Å². The number of carbonyl (C=O) groups excluding carboxylic acids is 1. The van der Waals surface area contributed by atoms with Gasteiger partial charge < -0.3 is 4.18 Å². The average Bonchev–Trinajstić information content (AvgIpc) is 2.03. The van der Waals surface area contributed by atoms with Gasteiger partial charge in [-0.3, -0.25) is 9.35 Å². The van der Waals surface area contributed by atoms with E-state index in [4.69, 9.17) is 4.55 Å². The lowest BCUT2D eigenvalue weighted by atomic mass is 10.2. The van der Waals surface area contributed by atoms with Gasteiger partial charge in [0.1, 0.15) is 12.0 Å². The van der Waals surface area contributed by atoms with E-state index in [2.05, 4.69) is 4.18 Å². The number of hydrogen-bond donors (Lipinski definition) is 1. The van der Waals surface area contributed by atoms with Crippen LogP contribution in [0.25, 0.3) is 0 Å². The molecule has 0 aliphatic rings. The van der Waals surface area contributed by atoms with Crippen LogP contribution < -0.4 is 4.18 Å². The minimum Gasteiger partial charge on any atom is -0.380 e. The van der Waals surface area contributed by atoms with Crippen molar-refractivity contribution in [3.05, 3.63) is 29.8 Å². The zero-order valence-corrected chi connectivity index (χ0v) is 6.78. The highest BCUT2D eigenvalue weighted by atomic mass is 32.2. The maximum Gasteiger partial charge on any atom is 0.357 e. The Hall–Kier alpha value is -1.20. The van der Waals surface area contributed by atoms with Gasteiger partial charge in [-0.15, -0.1) is 0 Å². The fourth-order valence-corrected chi connectivity index (χ4v) is 0.990. The van der Waals surface area contributed by atoms with Crippen LogP contribution >= 0.6 is 0 Å². The van der Waals surface area contributed by atoms with Gasteiger partial charge in [-0.25, -0.2) is 0 Å². The molecule has 4 nitrogen and oxygen atoms in total. The molecular weight excluding hydrogens is 180 g/mol. The predicted octanol–water partition coefficient (Wildman–Crippen LogP) is 1.01. The van der Waals surface area contributed by atoms with Crippen LogP contribution in [0.5, 0.6) is 5.75 Å². The first-order valence-corrected chi connectivity index (χ1v) is 4.10. The second-order valence-electron chi connectivity index (χ2n) is 1.99. The summed E-state index contributed by atoms with van der Waals surface area (Å²) in [5.74, 6) is 0.195. The SMILES string of the molecule is O=Cc1cccc(OS(=O)O)c1. The molecule has 0 fully saturated rings. The largest absolute Gasteiger partial charge is 0.380 e. The molecule has 12 heavy (non-hydrogen) atoms. The van der Waals surface area contributed by atoms with Gasteiger partial charge in [0.05, 0.1) is 0 Å². The van der Waals surface area contributed by atoms with E-state index in [1.54, 1.807) is 12.1 Å². The van der Waals surface area contributed by atoms with Gasteiger partial charge in [-0.2, -0.15) is 4.21 Å². The fourth-order valence-electron chi connectivity index (χ4n) is 0.722. The smallest absolute Gasteiger partial charge is 0.357 e. The molecule has 1 N–H and O–H groups in total. The Labute approximate surface area is 71.7 Å². The molecule has 0 saturated heterocycles. The normalized spacial score (nSPS) is 12.1. The van der Waals surface area contributed by atoms with Crippen LogP contribution in [-0.2, 0) is 11.4 Å². The minimum absolute atomic E-state index is 0.195. The number of rotatable bonds is 3. The summed E-state index contributed by atoms with van der Waals surface area (Å²) in [6, 6.07) is 5.99. The number of hydrogen-bond acceptors (Lipinski definition) is 3. The van der Waals surface area contributed by atoms with Gasteiger partial charge in [0.2, 0.25) is 0 Å². The van der Waals surface area contributed by atoms with E-state index >= 15 is 0 Å². The lowest BCUT2D eigenvalue weighted by Gasteiger charge is -1.98. The molecule has 1 rings (SSSR count). The zero-order chi connectivity index (χ0) is 8.97. The number of benzene rings is 1. The Morgan fingerprint density at radius 2 is 2.25 bits per heavy atom. The second-order valence-corrected chi connectivity index (χ2v) is 2.59. The van der Waals surface area contributed by atoms with Gasteiger partial charge in [0.15, 0.2) is 0 Å². The molecule has 0 amide bonds. The monoisotopic (exact) mass is 186 g/mol. The first-order valence-electron chi connectivity index (χ1n) is 3.07. The van der Waals surface area contributed by atoms with E-state index in [-0.39, 0.29) is 5.75 Å². The summed E-state index contributed by atoms with van der Waals surface area (Å²) in [4.78, 5) is 10.3. The third kappa shape index (κ3) is 2.44. The van der Waals surface area contributed by atoms with Gasteiger partial charge >= 0.3 is 11.4 Å². The molecular formula is C7H6O4S. The molecule has 0 bridgehead atoms. The maximum atomic E-state index is 10.3. The molecule has 5 heteroatoms. The highest BCUT2D eigenvalue weighted by Crippen LogP contribution is 2.12. The van der Waals surface area contributed by atoms with E-state index < -0.39 is 11.4 Å². The van der Waals surface area contributed by atoms with Gasteiger partial charge in [-0.05, 0) is 12.1 Å². The van der Waals surface area contributed by atoms with Gasteiger partial charge in [0, 0.05) is 5.56 Å².